The van der Waals surface area contributed by atoms with Crippen molar-refractivity contribution in [1.29, 1.82) is 0 Å². The van der Waals surface area contributed by atoms with Crippen LogP contribution in [-0.2, 0) is 6.54 Å². The summed E-state index contributed by atoms with van der Waals surface area (Å²) in [6.07, 6.45) is -0.827. The summed E-state index contributed by atoms with van der Waals surface area (Å²) in [6, 6.07) is 6.05. The average Bonchev–Trinajstić information content (AvgIpc) is 2.66. The average molecular weight is 275 g/mol. The first-order valence-electron chi connectivity index (χ1n) is 6.33. The van der Waals surface area contributed by atoms with Gasteiger partial charge in [-0.3, -0.25) is 14.8 Å². The van der Waals surface area contributed by atoms with Gasteiger partial charge in [-0.2, -0.15) is 5.10 Å². The molecular weight excluding hydrogens is 258 g/mol. The molecule has 6 heteroatoms. The molecule has 0 aliphatic carbocycles. The molecule has 2 aromatic rings. The van der Waals surface area contributed by atoms with Crippen LogP contribution in [0, 0.1) is 30.9 Å². The van der Waals surface area contributed by atoms with E-state index in [1.54, 1.807) is 16.8 Å². The molecule has 0 fully saturated rings. The van der Waals surface area contributed by atoms with E-state index in [-0.39, 0.29) is 12.2 Å². The molecule has 1 heterocycles. The summed E-state index contributed by atoms with van der Waals surface area (Å²) in [6.45, 7) is 6.11. The van der Waals surface area contributed by atoms with E-state index in [9.17, 15) is 15.2 Å². The quantitative estimate of drug-likeness (QED) is 0.686. The molecule has 2 rings (SSSR count). The Kier molecular flexibility index (Phi) is 3.85. The van der Waals surface area contributed by atoms with E-state index in [0.29, 0.717) is 5.56 Å². The van der Waals surface area contributed by atoms with E-state index in [1.807, 2.05) is 20.8 Å². The molecule has 0 bridgehead atoms. The lowest BCUT2D eigenvalue weighted by Crippen LogP contribution is -2.11. The second kappa shape index (κ2) is 5.42. The molecule has 0 saturated heterocycles. The van der Waals surface area contributed by atoms with Crippen LogP contribution >= 0.6 is 0 Å². The Balaban J connectivity index is 2.23. The minimum Gasteiger partial charge on any atom is -0.386 e. The third-order valence-electron chi connectivity index (χ3n) is 3.55. The molecule has 0 aliphatic rings. The SMILES string of the molecule is Cc1nn(C[C@@H](O)c2cccc([N+](=O)[O-])c2)c(C)c1C. The number of aryl methyl sites for hydroxylation is 1. The van der Waals surface area contributed by atoms with Crippen LogP contribution in [0.25, 0.3) is 0 Å². The van der Waals surface area contributed by atoms with Crippen molar-refractivity contribution in [1.82, 2.24) is 9.78 Å². The van der Waals surface area contributed by atoms with Gasteiger partial charge in [0.25, 0.3) is 5.69 Å². The maximum Gasteiger partial charge on any atom is 0.269 e. The molecule has 1 aromatic heterocycles. The number of aliphatic hydroxyl groups is 1. The van der Waals surface area contributed by atoms with E-state index >= 15 is 0 Å². The van der Waals surface area contributed by atoms with Gasteiger partial charge in [-0.05, 0) is 31.9 Å². The van der Waals surface area contributed by atoms with Crippen LogP contribution in [0.4, 0.5) is 5.69 Å². The zero-order chi connectivity index (χ0) is 14.9. The number of nitrogens with zero attached hydrogens (tertiary/aromatic N) is 3. The number of rotatable bonds is 4. The molecule has 106 valence electrons. The Morgan fingerprint density at radius 2 is 2.10 bits per heavy atom. The number of nitro groups is 1. The molecule has 0 amide bonds. The first-order chi connectivity index (χ1) is 9.40. The Morgan fingerprint density at radius 3 is 2.65 bits per heavy atom. The molecule has 1 aromatic carbocycles. The van der Waals surface area contributed by atoms with Gasteiger partial charge in [-0.1, -0.05) is 12.1 Å². The predicted octanol–water partition coefficient (Wildman–Crippen LogP) is 2.45. The fraction of sp³-hybridized carbons (Fsp3) is 0.357. The van der Waals surface area contributed by atoms with Gasteiger partial charge in [0, 0.05) is 17.8 Å². The van der Waals surface area contributed by atoms with Gasteiger partial charge >= 0.3 is 0 Å². The topological polar surface area (TPSA) is 81.2 Å². The lowest BCUT2D eigenvalue weighted by Gasteiger charge is -2.12. The maximum atomic E-state index is 10.7. The lowest BCUT2D eigenvalue weighted by molar-refractivity contribution is -0.385. The van der Waals surface area contributed by atoms with Crippen molar-refractivity contribution in [3.63, 3.8) is 0 Å². The first-order valence-corrected chi connectivity index (χ1v) is 6.33. The number of benzene rings is 1. The van der Waals surface area contributed by atoms with E-state index in [0.717, 1.165) is 17.0 Å². The normalized spacial score (nSPS) is 12.4. The zero-order valence-corrected chi connectivity index (χ0v) is 11.7. The van der Waals surface area contributed by atoms with E-state index < -0.39 is 11.0 Å². The second-order valence-electron chi connectivity index (χ2n) is 4.85. The third kappa shape index (κ3) is 2.70. The third-order valence-corrected chi connectivity index (χ3v) is 3.55. The van der Waals surface area contributed by atoms with Crippen LogP contribution in [0.5, 0.6) is 0 Å². The van der Waals surface area contributed by atoms with E-state index in [4.69, 9.17) is 0 Å². The zero-order valence-electron chi connectivity index (χ0n) is 11.7. The minimum absolute atomic E-state index is 0.0221. The molecule has 0 unspecified atom stereocenters. The highest BCUT2D eigenvalue weighted by Crippen LogP contribution is 2.21. The van der Waals surface area contributed by atoms with Crippen LogP contribution in [0.2, 0.25) is 0 Å². The van der Waals surface area contributed by atoms with Crippen LogP contribution in [0.15, 0.2) is 24.3 Å². The molecule has 0 radical (unpaired) electrons. The highest BCUT2D eigenvalue weighted by molar-refractivity contribution is 5.35. The molecule has 1 atom stereocenters. The van der Waals surface area contributed by atoms with Crippen molar-refractivity contribution in [3.05, 3.63) is 56.9 Å². The smallest absolute Gasteiger partial charge is 0.269 e. The minimum atomic E-state index is -0.827. The standard InChI is InChI=1S/C14H17N3O3/c1-9-10(2)15-16(11(9)3)8-14(18)12-5-4-6-13(7-12)17(19)20/h4-7,14,18H,8H2,1-3H3/t14-/m1/s1. The van der Waals surface area contributed by atoms with Crippen LogP contribution in [0.1, 0.15) is 28.6 Å². The van der Waals surface area contributed by atoms with Crippen molar-refractivity contribution in [2.45, 2.75) is 33.4 Å². The number of nitro benzene ring substituents is 1. The fourth-order valence-electron chi connectivity index (χ4n) is 2.08. The maximum absolute atomic E-state index is 10.7. The van der Waals surface area contributed by atoms with Gasteiger partial charge in [0.05, 0.1) is 23.3 Å². The monoisotopic (exact) mass is 275 g/mol. The largest absolute Gasteiger partial charge is 0.386 e. The van der Waals surface area contributed by atoms with Gasteiger partial charge in [-0.25, -0.2) is 0 Å². The van der Waals surface area contributed by atoms with Gasteiger partial charge in [-0.15, -0.1) is 0 Å². The Hall–Kier alpha value is -2.21. The van der Waals surface area contributed by atoms with Crippen molar-refractivity contribution >= 4 is 5.69 Å². The van der Waals surface area contributed by atoms with Gasteiger partial charge in [0.15, 0.2) is 0 Å². The molecule has 6 nitrogen and oxygen atoms in total. The van der Waals surface area contributed by atoms with Gasteiger partial charge in [0.1, 0.15) is 0 Å². The van der Waals surface area contributed by atoms with Crippen molar-refractivity contribution in [2.24, 2.45) is 0 Å². The van der Waals surface area contributed by atoms with Crippen LogP contribution in [-0.4, -0.2) is 19.8 Å². The number of non-ortho nitro benzene ring substituents is 1. The van der Waals surface area contributed by atoms with Crippen LogP contribution < -0.4 is 0 Å². The van der Waals surface area contributed by atoms with Crippen molar-refractivity contribution < 1.29 is 10.0 Å². The summed E-state index contributed by atoms with van der Waals surface area (Å²) in [5.41, 5.74) is 3.51. The highest BCUT2D eigenvalue weighted by Gasteiger charge is 2.15. The number of aromatic nitrogens is 2. The predicted molar refractivity (Wildman–Crippen MR) is 74.5 cm³/mol. The molecular formula is C14H17N3O3. The number of aliphatic hydroxyl groups excluding tert-OH is 1. The molecule has 0 aliphatic heterocycles. The molecule has 1 N–H and O–H groups in total. The van der Waals surface area contributed by atoms with E-state index in [2.05, 4.69) is 5.10 Å². The fourth-order valence-corrected chi connectivity index (χ4v) is 2.08. The molecule has 20 heavy (non-hydrogen) atoms. The van der Waals surface area contributed by atoms with E-state index in [1.165, 1.54) is 12.1 Å². The summed E-state index contributed by atoms with van der Waals surface area (Å²) in [5, 5.41) is 25.3. The number of hydrogen-bond donors (Lipinski definition) is 1. The first kappa shape index (κ1) is 14.2. The van der Waals surface area contributed by atoms with Gasteiger partial charge in [0.2, 0.25) is 0 Å². The Labute approximate surface area is 116 Å². The second-order valence-corrected chi connectivity index (χ2v) is 4.85. The summed E-state index contributed by atoms with van der Waals surface area (Å²) in [7, 11) is 0. The Bertz CT molecular complexity index is 649. The Morgan fingerprint density at radius 1 is 1.40 bits per heavy atom. The summed E-state index contributed by atoms with van der Waals surface area (Å²) < 4.78 is 1.73. The van der Waals surface area contributed by atoms with Crippen molar-refractivity contribution in [3.8, 4) is 0 Å². The van der Waals surface area contributed by atoms with Crippen molar-refractivity contribution in [2.75, 3.05) is 0 Å². The highest BCUT2D eigenvalue weighted by atomic mass is 16.6. The number of hydrogen-bond acceptors (Lipinski definition) is 4. The molecule has 0 spiro atoms. The van der Waals surface area contributed by atoms with Crippen LogP contribution in [0.3, 0.4) is 0 Å². The lowest BCUT2D eigenvalue weighted by atomic mass is 10.1. The summed E-state index contributed by atoms with van der Waals surface area (Å²) in [5.74, 6) is 0. The summed E-state index contributed by atoms with van der Waals surface area (Å²) >= 11 is 0. The summed E-state index contributed by atoms with van der Waals surface area (Å²) in [4.78, 5) is 10.3. The molecule has 0 saturated carbocycles. The van der Waals surface area contributed by atoms with Gasteiger partial charge < -0.3 is 5.11 Å².